The molecule has 1 heterocycles. The molecule has 2 amide bonds. The number of hydrogen-bond donors (Lipinski definition) is 1. The van der Waals surface area contributed by atoms with Crippen molar-refractivity contribution in [2.75, 3.05) is 13.2 Å². The first-order valence-corrected chi connectivity index (χ1v) is 10.1. The maximum atomic E-state index is 12.8. The number of amides is 2. The molecule has 0 bridgehead atoms. The number of benzene rings is 2. The molecule has 6 nitrogen and oxygen atoms in total. The highest BCUT2D eigenvalue weighted by atomic mass is 32.2. The van der Waals surface area contributed by atoms with Gasteiger partial charge in [0.05, 0.1) is 10.6 Å². The topological polar surface area (TPSA) is 85.0 Å². The SMILES string of the molecule is CCN1C(=O)/C(=C/c2cccc(OCC(N)=O)c2)SC1=Nc1ccc(C)c(C)c1. The number of hydrogen-bond acceptors (Lipinski definition) is 5. The number of rotatable bonds is 6. The number of carbonyl (C=O) groups excluding carboxylic acids is 2. The van der Waals surface area contributed by atoms with Gasteiger partial charge in [0.15, 0.2) is 11.8 Å². The number of carbonyl (C=O) groups is 2. The summed E-state index contributed by atoms with van der Waals surface area (Å²) in [5.74, 6) is -0.102. The van der Waals surface area contributed by atoms with E-state index in [4.69, 9.17) is 10.5 Å². The van der Waals surface area contributed by atoms with Crippen LogP contribution in [-0.2, 0) is 9.59 Å². The van der Waals surface area contributed by atoms with Crippen LogP contribution in [0.15, 0.2) is 52.4 Å². The second-order valence-electron chi connectivity index (χ2n) is 6.65. The second kappa shape index (κ2) is 8.96. The van der Waals surface area contributed by atoms with Crippen molar-refractivity contribution in [3.63, 3.8) is 0 Å². The van der Waals surface area contributed by atoms with E-state index < -0.39 is 5.91 Å². The third-order valence-corrected chi connectivity index (χ3v) is 5.46. The van der Waals surface area contributed by atoms with Gasteiger partial charge in [-0.1, -0.05) is 18.2 Å². The van der Waals surface area contributed by atoms with Crippen molar-refractivity contribution in [1.29, 1.82) is 0 Å². The number of amidine groups is 1. The largest absolute Gasteiger partial charge is 0.484 e. The van der Waals surface area contributed by atoms with Crippen molar-refractivity contribution in [3.8, 4) is 5.75 Å². The minimum absolute atomic E-state index is 0.0801. The summed E-state index contributed by atoms with van der Waals surface area (Å²) >= 11 is 1.35. The zero-order valence-corrected chi connectivity index (χ0v) is 17.5. The van der Waals surface area contributed by atoms with E-state index in [0.29, 0.717) is 22.4 Å². The van der Waals surface area contributed by atoms with Crippen LogP contribution in [0, 0.1) is 13.8 Å². The van der Waals surface area contributed by atoms with Crippen molar-refractivity contribution in [2.45, 2.75) is 20.8 Å². The van der Waals surface area contributed by atoms with Crippen LogP contribution >= 0.6 is 11.8 Å². The van der Waals surface area contributed by atoms with Gasteiger partial charge < -0.3 is 10.5 Å². The van der Waals surface area contributed by atoms with E-state index in [1.165, 1.54) is 17.3 Å². The number of aryl methyl sites for hydroxylation is 2. The molecular weight excluding hydrogens is 386 g/mol. The quantitative estimate of drug-likeness (QED) is 0.736. The highest BCUT2D eigenvalue weighted by Gasteiger charge is 2.32. The molecule has 1 fully saturated rings. The Hall–Kier alpha value is -3.06. The molecule has 0 aromatic heterocycles. The van der Waals surface area contributed by atoms with Crippen LogP contribution in [0.5, 0.6) is 5.75 Å². The number of nitrogens with two attached hydrogens (primary N) is 1. The van der Waals surface area contributed by atoms with E-state index in [-0.39, 0.29) is 12.5 Å². The number of primary amides is 1. The fourth-order valence-corrected chi connectivity index (χ4v) is 3.84. The van der Waals surface area contributed by atoms with Crippen LogP contribution in [0.3, 0.4) is 0 Å². The van der Waals surface area contributed by atoms with Gasteiger partial charge >= 0.3 is 0 Å². The lowest BCUT2D eigenvalue weighted by Crippen LogP contribution is -2.28. The molecule has 1 saturated heterocycles. The molecule has 7 heteroatoms. The van der Waals surface area contributed by atoms with E-state index in [9.17, 15) is 9.59 Å². The lowest BCUT2D eigenvalue weighted by atomic mass is 10.1. The van der Waals surface area contributed by atoms with Gasteiger partial charge in [0, 0.05) is 6.54 Å². The van der Waals surface area contributed by atoms with E-state index in [1.54, 1.807) is 29.2 Å². The first-order chi connectivity index (χ1) is 13.9. The first-order valence-electron chi connectivity index (χ1n) is 9.26. The predicted molar refractivity (Wildman–Crippen MR) is 117 cm³/mol. The van der Waals surface area contributed by atoms with Gasteiger partial charge in [-0.3, -0.25) is 14.5 Å². The van der Waals surface area contributed by atoms with E-state index in [2.05, 4.69) is 11.9 Å². The zero-order valence-electron chi connectivity index (χ0n) is 16.6. The molecule has 1 aliphatic rings. The Kier molecular flexibility index (Phi) is 6.39. The van der Waals surface area contributed by atoms with Gasteiger partial charge in [0.1, 0.15) is 5.75 Å². The molecule has 1 aliphatic heterocycles. The second-order valence-corrected chi connectivity index (χ2v) is 7.66. The maximum Gasteiger partial charge on any atom is 0.266 e. The molecule has 150 valence electrons. The highest BCUT2D eigenvalue weighted by molar-refractivity contribution is 8.18. The Morgan fingerprint density at radius 1 is 1.21 bits per heavy atom. The summed E-state index contributed by atoms with van der Waals surface area (Å²) < 4.78 is 5.33. The number of ether oxygens (including phenoxy) is 1. The minimum Gasteiger partial charge on any atom is -0.484 e. The summed E-state index contributed by atoms with van der Waals surface area (Å²) in [6.07, 6.45) is 1.80. The molecule has 0 aliphatic carbocycles. The monoisotopic (exact) mass is 409 g/mol. The summed E-state index contributed by atoms with van der Waals surface area (Å²) in [4.78, 5) is 30.7. The van der Waals surface area contributed by atoms with Gasteiger partial charge in [-0.25, -0.2) is 4.99 Å². The molecule has 2 aromatic carbocycles. The fraction of sp³-hybridized carbons (Fsp3) is 0.227. The zero-order chi connectivity index (χ0) is 21.0. The lowest BCUT2D eigenvalue weighted by Gasteiger charge is -2.12. The van der Waals surface area contributed by atoms with E-state index in [1.807, 2.05) is 38.1 Å². The van der Waals surface area contributed by atoms with Crippen molar-refractivity contribution < 1.29 is 14.3 Å². The van der Waals surface area contributed by atoms with E-state index >= 15 is 0 Å². The van der Waals surface area contributed by atoms with Gasteiger partial charge in [0.25, 0.3) is 11.8 Å². The molecule has 0 radical (unpaired) electrons. The Balaban J connectivity index is 1.86. The number of likely N-dealkylation sites (N-methyl/N-ethyl adjacent to an activating group) is 1. The first kappa shape index (κ1) is 20.7. The number of thioether (sulfide) groups is 1. The van der Waals surface area contributed by atoms with Crippen LogP contribution in [0.1, 0.15) is 23.6 Å². The summed E-state index contributed by atoms with van der Waals surface area (Å²) in [6, 6.07) is 13.2. The van der Waals surface area contributed by atoms with Crippen molar-refractivity contribution in [3.05, 3.63) is 64.1 Å². The molecular formula is C22H23N3O3S. The van der Waals surface area contributed by atoms with Gasteiger partial charge in [-0.05, 0) is 79.6 Å². The average Bonchev–Trinajstić information content (AvgIpc) is 2.97. The third kappa shape index (κ3) is 5.06. The molecule has 0 unspecified atom stereocenters. The highest BCUT2D eigenvalue weighted by Crippen LogP contribution is 2.34. The van der Waals surface area contributed by atoms with Crippen molar-refractivity contribution in [2.24, 2.45) is 10.7 Å². The fourth-order valence-electron chi connectivity index (χ4n) is 2.78. The summed E-state index contributed by atoms with van der Waals surface area (Å²) in [7, 11) is 0. The molecule has 2 aromatic rings. The molecule has 3 rings (SSSR count). The Morgan fingerprint density at radius 3 is 2.69 bits per heavy atom. The Morgan fingerprint density at radius 2 is 2.00 bits per heavy atom. The Labute approximate surface area is 174 Å². The van der Waals surface area contributed by atoms with Crippen LogP contribution in [-0.4, -0.2) is 35.0 Å². The predicted octanol–water partition coefficient (Wildman–Crippen LogP) is 3.79. The summed E-state index contributed by atoms with van der Waals surface area (Å²) in [5, 5.41) is 0.660. The summed E-state index contributed by atoms with van der Waals surface area (Å²) in [5.41, 5.74) is 9.10. The standard InChI is InChI=1S/C22H23N3O3S/c1-4-25-21(27)19(12-16-6-5-7-18(11-16)28-13-20(23)26)29-22(25)24-17-9-8-14(2)15(3)10-17/h5-12H,4,13H2,1-3H3,(H2,23,26)/b19-12-,24-22?. The molecule has 0 saturated carbocycles. The van der Waals surface area contributed by atoms with Gasteiger partial charge in [0.2, 0.25) is 0 Å². The van der Waals surface area contributed by atoms with Crippen molar-refractivity contribution >= 4 is 40.5 Å². The molecule has 2 N–H and O–H groups in total. The molecule has 29 heavy (non-hydrogen) atoms. The maximum absolute atomic E-state index is 12.8. The molecule has 0 spiro atoms. The summed E-state index contributed by atoms with van der Waals surface area (Å²) in [6.45, 7) is 6.37. The average molecular weight is 410 g/mol. The van der Waals surface area contributed by atoms with Gasteiger partial charge in [-0.2, -0.15) is 0 Å². The van der Waals surface area contributed by atoms with Crippen LogP contribution in [0.4, 0.5) is 5.69 Å². The number of aliphatic imine (C=N–C) groups is 1. The van der Waals surface area contributed by atoms with Crippen molar-refractivity contribution in [1.82, 2.24) is 4.90 Å². The van der Waals surface area contributed by atoms with Gasteiger partial charge in [-0.15, -0.1) is 0 Å². The smallest absolute Gasteiger partial charge is 0.266 e. The molecule has 0 atom stereocenters. The van der Waals surface area contributed by atoms with Crippen LogP contribution in [0.2, 0.25) is 0 Å². The third-order valence-electron chi connectivity index (χ3n) is 4.46. The van der Waals surface area contributed by atoms with Crippen LogP contribution < -0.4 is 10.5 Å². The Bertz CT molecular complexity index is 1010. The van der Waals surface area contributed by atoms with E-state index in [0.717, 1.165) is 16.8 Å². The van der Waals surface area contributed by atoms with Crippen LogP contribution in [0.25, 0.3) is 6.08 Å². The number of nitrogens with zero attached hydrogens (tertiary/aromatic N) is 2. The normalized spacial score (nSPS) is 16.7. The minimum atomic E-state index is -0.541. The lowest BCUT2D eigenvalue weighted by molar-refractivity contribution is -0.122.